The van der Waals surface area contributed by atoms with Gasteiger partial charge < -0.3 is 70.6 Å². The van der Waals surface area contributed by atoms with Crippen LogP contribution in [0, 0.1) is 11.8 Å². The van der Waals surface area contributed by atoms with Crippen molar-refractivity contribution in [1.29, 1.82) is 0 Å². The molecule has 17 nitrogen and oxygen atoms in total. The van der Waals surface area contributed by atoms with Crippen LogP contribution in [0.25, 0.3) is 0 Å². The van der Waals surface area contributed by atoms with Crippen molar-refractivity contribution in [3.8, 4) is 0 Å². The van der Waals surface area contributed by atoms with E-state index in [0.29, 0.717) is 29.7 Å². The lowest BCUT2D eigenvalue weighted by molar-refractivity contribution is -0.843. The van der Waals surface area contributed by atoms with Crippen LogP contribution in [0.3, 0.4) is 0 Å². The van der Waals surface area contributed by atoms with Gasteiger partial charge in [0.15, 0.2) is 12.2 Å². The second-order valence-electron chi connectivity index (χ2n) is 12.8. The summed E-state index contributed by atoms with van der Waals surface area (Å²) in [5, 5.41) is 72.6. The lowest BCUT2D eigenvalue weighted by Gasteiger charge is -2.42. The number of nitrogens with zero attached hydrogens (tertiary/aromatic N) is 1. The molecule has 284 valence electrons. The van der Waals surface area contributed by atoms with Gasteiger partial charge in [-0.1, -0.05) is 24.6 Å². The monoisotopic (exact) mass is 723 g/mol. The Balaban J connectivity index is 1.71. The highest BCUT2D eigenvalue weighted by atomic mass is 16.8. The third kappa shape index (κ3) is 10.2. The zero-order valence-electron chi connectivity index (χ0n) is 28.4. The number of carbonyl (C=O) groups is 2. The number of aliphatic hydroxyl groups excluding tert-OH is 6. The zero-order valence-corrected chi connectivity index (χ0v) is 28.4. The molecular weight excluding hydrogens is 672 g/mol. The van der Waals surface area contributed by atoms with Gasteiger partial charge in [0.25, 0.3) is 0 Å². The van der Waals surface area contributed by atoms with Gasteiger partial charge in [0.05, 0.1) is 42.2 Å². The molecule has 0 aromatic carbocycles. The van der Waals surface area contributed by atoms with Gasteiger partial charge in [-0.25, -0.2) is 9.59 Å². The first-order valence-corrected chi connectivity index (χ1v) is 17.2. The predicted molar refractivity (Wildman–Crippen MR) is 179 cm³/mol. The van der Waals surface area contributed by atoms with Gasteiger partial charge in [-0.3, -0.25) is 4.99 Å². The molecule has 1 saturated heterocycles. The van der Waals surface area contributed by atoms with Crippen LogP contribution in [0.4, 0.5) is 0 Å². The number of hydrogen-bond donors (Lipinski definition) is 10. The van der Waals surface area contributed by atoms with E-state index in [2.05, 4.69) is 16.9 Å². The number of hydrogen-bond acceptors (Lipinski definition) is 13. The molecular formula is C34H51N4O13+. The normalized spacial score (nSPS) is 32.2. The summed E-state index contributed by atoms with van der Waals surface area (Å²) < 4.78 is 23.2. The number of nitrogens with one attached hydrogen (secondary N) is 2. The fourth-order valence-electron chi connectivity index (χ4n) is 6.44. The van der Waals surface area contributed by atoms with Gasteiger partial charge in [0.1, 0.15) is 55.4 Å². The second-order valence-corrected chi connectivity index (χ2v) is 12.8. The number of aliphatic hydroxyl groups is 6. The highest BCUT2D eigenvalue weighted by molar-refractivity contribution is 5.92. The molecule has 0 spiro atoms. The van der Waals surface area contributed by atoms with Crippen LogP contribution in [-0.4, -0.2) is 136 Å². The van der Waals surface area contributed by atoms with Crippen molar-refractivity contribution in [3.05, 3.63) is 59.7 Å². The lowest BCUT2D eigenvalue weighted by atomic mass is 9.83. The molecule has 11 N–H and O–H groups in total. The first-order chi connectivity index (χ1) is 24.5. The summed E-state index contributed by atoms with van der Waals surface area (Å²) in [5.41, 5.74) is 6.64. The van der Waals surface area contributed by atoms with E-state index in [4.69, 9.17) is 29.8 Å². The summed E-state index contributed by atoms with van der Waals surface area (Å²) in [6.45, 7) is 3.32. The Bertz CT molecular complexity index is 1370. The highest BCUT2D eigenvalue weighted by Gasteiger charge is 2.47. The number of aliphatic carboxylic acids is 1. The molecule has 17 heteroatoms. The van der Waals surface area contributed by atoms with Crippen LogP contribution in [-0.2, 0) is 28.5 Å². The maximum atomic E-state index is 13.7. The van der Waals surface area contributed by atoms with Gasteiger partial charge in [0.2, 0.25) is 6.29 Å². The first kappa shape index (κ1) is 40.1. The number of esters is 1. The lowest BCUT2D eigenvalue weighted by Crippen LogP contribution is -3.09. The third-order valence-electron chi connectivity index (χ3n) is 9.25. The van der Waals surface area contributed by atoms with Crippen LogP contribution in [0.1, 0.15) is 38.5 Å². The molecule has 2 fully saturated rings. The zero-order chi connectivity index (χ0) is 37.1. The first-order valence-electron chi connectivity index (χ1n) is 17.2. The molecule has 0 bridgehead atoms. The SMILES string of the molecule is C=CC1C(OC2OC(CO)C(O)C(O)C2O)OC=C(C(=O)OC2CCCCC2)C1C=CC1=C[NH+](CCO)CC(C(=O)O)=C1NC(N)=NCCCO. The van der Waals surface area contributed by atoms with Gasteiger partial charge in [0, 0.05) is 19.1 Å². The standard InChI is InChI=1S/C34H50N4O13/c1-2-21-22(10-9-19-15-38(12-14-40)16-23(30(45)46)26(19)37-34(35)36-11-6-13-39)24(31(47)49-20-7-4-3-5-8-20)18-48-32(21)51-33-29(44)28(43)27(42)25(17-41)50-33/h2,9-10,15,18,20-22,25,27-29,32-33,39-44H,1,3-8,11-14,16-17H2,(H,45,46)(H3,35,36,37)/p+1. The number of carboxylic acid groups (broad SMARTS) is 1. The molecule has 4 rings (SSSR count). The number of carbonyl (C=O) groups excluding carboxylic acids is 1. The summed E-state index contributed by atoms with van der Waals surface area (Å²) in [6, 6.07) is 0. The Hall–Kier alpha value is -3.65. The van der Waals surface area contributed by atoms with Gasteiger partial charge in [-0.05, 0) is 32.1 Å². The predicted octanol–water partition coefficient (Wildman–Crippen LogP) is -2.71. The van der Waals surface area contributed by atoms with E-state index in [9.17, 15) is 40.2 Å². The van der Waals surface area contributed by atoms with E-state index in [1.54, 1.807) is 18.4 Å². The fourth-order valence-corrected chi connectivity index (χ4v) is 6.44. The smallest absolute Gasteiger partial charge is 0.339 e. The Morgan fingerprint density at radius 1 is 1.08 bits per heavy atom. The van der Waals surface area contributed by atoms with Crippen LogP contribution < -0.4 is 16.0 Å². The molecule has 9 unspecified atom stereocenters. The average molecular weight is 724 g/mol. The number of carboxylic acids is 1. The van der Waals surface area contributed by atoms with Crippen molar-refractivity contribution < 1.29 is 69.2 Å². The summed E-state index contributed by atoms with van der Waals surface area (Å²) >= 11 is 0. The number of guanidine groups is 1. The molecule has 0 amide bonds. The molecule has 3 aliphatic heterocycles. The van der Waals surface area contributed by atoms with Gasteiger partial charge in [-0.2, -0.15) is 0 Å². The summed E-state index contributed by atoms with van der Waals surface area (Å²) in [7, 11) is 0. The van der Waals surface area contributed by atoms with Crippen molar-refractivity contribution in [2.75, 3.05) is 39.5 Å². The van der Waals surface area contributed by atoms with E-state index in [1.165, 1.54) is 12.3 Å². The minimum absolute atomic E-state index is 0.0138. The second kappa shape index (κ2) is 19.3. The average Bonchev–Trinajstić information content (AvgIpc) is 3.12. The number of ether oxygens (including phenoxy) is 4. The van der Waals surface area contributed by atoms with Crippen LogP contribution in [0.15, 0.2) is 64.7 Å². The molecule has 1 saturated carbocycles. The minimum atomic E-state index is -1.72. The van der Waals surface area contributed by atoms with E-state index < -0.39 is 67.4 Å². The molecule has 0 aromatic rings. The van der Waals surface area contributed by atoms with Crippen LogP contribution >= 0.6 is 0 Å². The van der Waals surface area contributed by atoms with Crippen LogP contribution in [0.5, 0.6) is 0 Å². The maximum Gasteiger partial charge on any atom is 0.339 e. The highest BCUT2D eigenvalue weighted by Crippen LogP contribution is 2.37. The number of allylic oxidation sites excluding steroid dienone is 2. The summed E-state index contributed by atoms with van der Waals surface area (Å²) in [5.74, 6) is -3.67. The van der Waals surface area contributed by atoms with E-state index in [1.807, 2.05) is 0 Å². The fraction of sp³-hybridized carbons (Fsp3) is 0.618. The molecule has 3 heterocycles. The van der Waals surface area contributed by atoms with Crippen molar-refractivity contribution in [2.45, 2.75) is 81.6 Å². The van der Waals surface area contributed by atoms with Crippen molar-refractivity contribution in [1.82, 2.24) is 5.32 Å². The van der Waals surface area contributed by atoms with E-state index in [-0.39, 0.29) is 61.8 Å². The molecule has 51 heavy (non-hydrogen) atoms. The molecule has 9 atom stereocenters. The molecule has 0 aromatic heterocycles. The number of rotatable bonds is 15. The Morgan fingerprint density at radius 2 is 1.82 bits per heavy atom. The number of nitrogens with two attached hydrogens (primary N) is 1. The van der Waals surface area contributed by atoms with Crippen molar-refractivity contribution in [3.63, 3.8) is 0 Å². The van der Waals surface area contributed by atoms with Gasteiger partial charge >= 0.3 is 11.9 Å². The maximum absolute atomic E-state index is 13.7. The molecule has 4 aliphatic rings. The Kier molecular flexibility index (Phi) is 15.2. The summed E-state index contributed by atoms with van der Waals surface area (Å²) in [6.07, 6.45) is 2.82. The molecule has 0 radical (unpaired) electrons. The van der Waals surface area contributed by atoms with Crippen molar-refractivity contribution >= 4 is 17.9 Å². The topological polar surface area (TPSA) is 268 Å². The van der Waals surface area contributed by atoms with Gasteiger partial charge in [-0.15, -0.1) is 6.58 Å². The van der Waals surface area contributed by atoms with E-state index in [0.717, 1.165) is 19.3 Å². The number of aliphatic imine (C=N–C) groups is 1. The largest absolute Gasteiger partial charge is 0.478 e. The minimum Gasteiger partial charge on any atom is -0.478 e. The van der Waals surface area contributed by atoms with Crippen LogP contribution in [0.2, 0.25) is 0 Å². The quantitative estimate of drug-likeness (QED) is 0.0271. The molecule has 1 aliphatic carbocycles. The Morgan fingerprint density at radius 3 is 2.47 bits per heavy atom. The summed E-state index contributed by atoms with van der Waals surface area (Å²) in [4.78, 5) is 30.9. The number of quaternary nitrogens is 1. The van der Waals surface area contributed by atoms with Crippen molar-refractivity contribution in [2.24, 2.45) is 22.6 Å². The Labute approximate surface area is 295 Å². The third-order valence-corrected chi connectivity index (χ3v) is 9.25. The van der Waals surface area contributed by atoms with E-state index >= 15 is 0 Å².